The van der Waals surface area contributed by atoms with Crippen LogP contribution >= 0.6 is 0 Å². The van der Waals surface area contributed by atoms with Crippen LogP contribution in [-0.4, -0.2) is 35.9 Å². The van der Waals surface area contributed by atoms with Crippen molar-refractivity contribution in [3.05, 3.63) is 47.0 Å². The second-order valence-electron chi connectivity index (χ2n) is 8.26. The lowest BCUT2D eigenvalue weighted by Gasteiger charge is -2.26. The molecule has 0 bridgehead atoms. The van der Waals surface area contributed by atoms with Crippen molar-refractivity contribution in [1.29, 1.82) is 0 Å². The van der Waals surface area contributed by atoms with Crippen LogP contribution in [0.4, 0.5) is 10.5 Å². The molecule has 0 radical (unpaired) electrons. The van der Waals surface area contributed by atoms with E-state index in [1.165, 1.54) is 4.57 Å². The van der Waals surface area contributed by atoms with Crippen LogP contribution in [0.1, 0.15) is 62.2 Å². The van der Waals surface area contributed by atoms with Crippen LogP contribution in [-0.2, 0) is 21.2 Å². The van der Waals surface area contributed by atoms with Gasteiger partial charge in [-0.3, -0.25) is 4.72 Å². The summed E-state index contributed by atoms with van der Waals surface area (Å²) in [5.41, 5.74) is 2.87. The number of aromatic nitrogens is 2. The van der Waals surface area contributed by atoms with Crippen molar-refractivity contribution < 1.29 is 17.9 Å². The highest BCUT2D eigenvalue weighted by Gasteiger charge is 2.28. The zero-order valence-corrected chi connectivity index (χ0v) is 17.8. The zero-order chi connectivity index (χ0) is 20.7. The maximum absolute atomic E-state index is 12.5. The normalized spacial score (nSPS) is 17.1. The Morgan fingerprint density at radius 3 is 2.68 bits per heavy atom. The van der Waals surface area contributed by atoms with E-state index < -0.39 is 21.7 Å². The van der Waals surface area contributed by atoms with Crippen LogP contribution in [0.25, 0.3) is 0 Å². The number of hydrogen-bond acceptors (Lipinski definition) is 5. The molecule has 8 heteroatoms. The van der Waals surface area contributed by atoms with E-state index in [-0.39, 0.29) is 5.92 Å². The largest absolute Gasteiger partial charge is 0.443 e. The van der Waals surface area contributed by atoms with Gasteiger partial charge in [0.25, 0.3) is 0 Å². The van der Waals surface area contributed by atoms with Gasteiger partial charge in [-0.2, -0.15) is 0 Å². The molecule has 0 fully saturated rings. The standard InChI is InChI=1S/C20H27N3O4S/c1-13-21-18(12-23(13)19(24)27-20(2,3)4)16-10-6-9-15-14(16)8-7-11-17(15)22-28(5,25)26/h7-8,11-12,16,22H,6,9-10H2,1-5H3. The van der Waals surface area contributed by atoms with Crippen molar-refractivity contribution in [2.45, 2.75) is 58.5 Å². The molecule has 152 valence electrons. The molecule has 0 saturated carbocycles. The number of carbonyl (C=O) groups is 1. The van der Waals surface area contributed by atoms with Crippen LogP contribution < -0.4 is 4.72 Å². The summed E-state index contributed by atoms with van der Waals surface area (Å²) in [7, 11) is -3.35. The number of fused-ring (bicyclic) bond motifs is 1. The van der Waals surface area contributed by atoms with Gasteiger partial charge < -0.3 is 4.74 Å². The summed E-state index contributed by atoms with van der Waals surface area (Å²) in [6, 6.07) is 5.64. The highest BCUT2D eigenvalue weighted by Crippen LogP contribution is 2.39. The van der Waals surface area contributed by atoms with Gasteiger partial charge in [-0.25, -0.2) is 22.8 Å². The summed E-state index contributed by atoms with van der Waals surface area (Å²) in [5.74, 6) is 0.578. The molecule has 1 unspecified atom stereocenters. The number of benzene rings is 1. The van der Waals surface area contributed by atoms with Gasteiger partial charge >= 0.3 is 6.09 Å². The maximum atomic E-state index is 12.5. The molecule has 1 aliphatic rings. The topological polar surface area (TPSA) is 90.3 Å². The van der Waals surface area contributed by atoms with Crippen molar-refractivity contribution in [2.24, 2.45) is 0 Å². The minimum Gasteiger partial charge on any atom is -0.443 e. The number of sulfonamides is 1. The first-order valence-electron chi connectivity index (χ1n) is 9.33. The van der Waals surface area contributed by atoms with E-state index in [1.54, 1.807) is 19.2 Å². The smallest absolute Gasteiger partial charge is 0.419 e. The fraction of sp³-hybridized carbons (Fsp3) is 0.500. The van der Waals surface area contributed by atoms with Crippen molar-refractivity contribution >= 4 is 21.8 Å². The van der Waals surface area contributed by atoms with Crippen LogP contribution in [0.3, 0.4) is 0 Å². The molecule has 7 nitrogen and oxygen atoms in total. The molecule has 28 heavy (non-hydrogen) atoms. The molecule has 1 N–H and O–H groups in total. The van der Waals surface area contributed by atoms with Gasteiger partial charge in [-0.05, 0) is 64.2 Å². The molecule has 3 rings (SSSR count). The van der Waals surface area contributed by atoms with Crippen molar-refractivity contribution in [1.82, 2.24) is 9.55 Å². The first kappa shape index (κ1) is 20.4. The summed E-state index contributed by atoms with van der Waals surface area (Å²) in [5, 5.41) is 0. The van der Waals surface area contributed by atoms with Gasteiger partial charge in [0.2, 0.25) is 10.0 Å². The Morgan fingerprint density at radius 2 is 2.04 bits per heavy atom. The summed E-state index contributed by atoms with van der Waals surface area (Å²) in [4.78, 5) is 17.1. The van der Waals surface area contributed by atoms with Crippen molar-refractivity contribution in [3.63, 3.8) is 0 Å². The fourth-order valence-corrected chi connectivity index (χ4v) is 4.20. The molecule has 1 heterocycles. The third-order valence-corrected chi connectivity index (χ3v) is 5.24. The van der Waals surface area contributed by atoms with Crippen LogP contribution in [0.2, 0.25) is 0 Å². The van der Waals surface area contributed by atoms with Crippen molar-refractivity contribution in [2.75, 3.05) is 11.0 Å². The first-order chi connectivity index (χ1) is 12.9. The minimum atomic E-state index is -3.35. The van der Waals surface area contributed by atoms with Gasteiger partial charge in [0.1, 0.15) is 11.4 Å². The second-order valence-corrected chi connectivity index (χ2v) is 10.0. The summed E-state index contributed by atoms with van der Waals surface area (Å²) in [6.45, 7) is 7.25. The molecule has 1 aromatic carbocycles. The third kappa shape index (κ3) is 4.55. The van der Waals surface area contributed by atoms with E-state index in [1.807, 2.05) is 32.9 Å². The molecule has 1 aliphatic carbocycles. The lowest BCUT2D eigenvalue weighted by Crippen LogP contribution is -2.27. The highest BCUT2D eigenvalue weighted by molar-refractivity contribution is 7.92. The van der Waals surface area contributed by atoms with Gasteiger partial charge in [0.15, 0.2) is 0 Å². The average molecular weight is 406 g/mol. The van der Waals surface area contributed by atoms with Gasteiger partial charge in [0, 0.05) is 12.1 Å². The molecule has 1 atom stereocenters. The van der Waals surface area contributed by atoms with Crippen LogP contribution in [0.15, 0.2) is 24.4 Å². The summed E-state index contributed by atoms with van der Waals surface area (Å²) >= 11 is 0. The molecule has 1 aromatic heterocycles. The molecule has 0 aliphatic heterocycles. The van der Waals surface area contributed by atoms with Gasteiger partial charge in [0.05, 0.1) is 17.6 Å². The summed E-state index contributed by atoms with van der Waals surface area (Å²) < 4.78 is 32.9. The molecule has 0 spiro atoms. The second kappa shape index (κ2) is 7.24. The van der Waals surface area contributed by atoms with E-state index in [9.17, 15) is 13.2 Å². The quantitative estimate of drug-likeness (QED) is 0.838. The van der Waals surface area contributed by atoms with Gasteiger partial charge in [-0.15, -0.1) is 0 Å². The fourth-order valence-electron chi connectivity index (χ4n) is 3.61. The lowest BCUT2D eigenvalue weighted by atomic mass is 9.80. The molecule has 2 aromatic rings. The van der Waals surface area contributed by atoms with Crippen LogP contribution in [0, 0.1) is 6.92 Å². The Morgan fingerprint density at radius 1 is 1.32 bits per heavy atom. The lowest BCUT2D eigenvalue weighted by molar-refractivity contribution is 0.0533. The average Bonchev–Trinajstić information content (AvgIpc) is 2.93. The number of hydrogen-bond donors (Lipinski definition) is 1. The SMILES string of the molecule is Cc1nc(C2CCCc3c(NS(C)(=O)=O)cccc32)cn1C(=O)OC(C)(C)C. The van der Waals surface area contributed by atoms with Crippen molar-refractivity contribution in [3.8, 4) is 0 Å². The minimum absolute atomic E-state index is 0.00690. The number of ether oxygens (including phenoxy) is 1. The maximum Gasteiger partial charge on any atom is 0.419 e. The Labute approximate surface area is 166 Å². The highest BCUT2D eigenvalue weighted by atomic mass is 32.2. The Balaban J connectivity index is 1.97. The Kier molecular flexibility index (Phi) is 5.27. The number of nitrogens with zero attached hydrogens (tertiary/aromatic N) is 2. The number of imidazole rings is 1. The third-order valence-electron chi connectivity index (χ3n) is 4.65. The molecular weight excluding hydrogens is 378 g/mol. The number of aryl methyl sites for hydroxylation is 1. The number of carbonyl (C=O) groups excluding carboxylic acids is 1. The van der Waals surface area contributed by atoms with E-state index >= 15 is 0 Å². The van der Waals surface area contributed by atoms with E-state index in [4.69, 9.17) is 4.74 Å². The Bertz CT molecular complexity index is 1000. The van der Waals surface area contributed by atoms with Crippen LogP contribution in [0.5, 0.6) is 0 Å². The molecule has 0 saturated heterocycles. The molecular formula is C20H27N3O4S. The van der Waals surface area contributed by atoms with E-state index in [0.29, 0.717) is 11.5 Å². The Hall–Kier alpha value is -2.35. The van der Waals surface area contributed by atoms with E-state index in [2.05, 4.69) is 9.71 Å². The molecule has 0 amide bonds. The number of anilines is 1. The number of nitrogens with one attached hydrogen (secondary N) is 1. The van der Waals surface area contributed by atoms with Gasteiger partial charge in [-0.1, -0.05) is 12.1 Å². The summed E-state index contributed by atoms with van der Waals surface area (Å²) in [6.07, 6.45) is 5.04. The predicted molar refractivity (Wildman–Crippen MR) is 108 cm³/mol. The predicted octanol–water partition coefficient (Wildman–Crippen LogP) is 3.81. The number of rotatable bonds is 3. The van der Waals surface area contributed by atoms with E-state index in [0.717, 1.165) is 42.3 Å². The monoisotopic (exact) mass is 405 g/mol. The first-order valence-corrected chi connectivity index (χ1v) is 11.2. The zero-order valence-electron chi connectivity index (χ0n) is 16.9.